The number of anilines is 1. The van der Waals surface area contributed by atoms with Gasteiger partial charge in [-0.3, -0.25) is 4.90 Å². The van der Waals surface area contributed by atoms with Gasteiger partial charge in [-0.05, 0) is 38.8 Å². The van der Waals surface area contributed by atoms with Crippen LogP contribution >= 0.6 is 11.6 Å². The highest BCUT2D eigenvalue weighted by Crippen LogP contribution is 2.20. The molecule has 0 aromatic carbocycles. The van der Waals surface area contributed by atoms with Crippen molar-refractivity contribution >= 4 is 23.5 Å². The van der Waals surface area contributed by atoms with Crippen LogP contribution < -0.4 is 4.90 Å². The van der Waals surface area contributed by atoms with E-state index in [2.05, 4.69) is 9.97 Å². The van der Waals surface area contributed by atoms with Gasteiger partial charge in [-0.25, -0.2) is 14.2 Å². The van der Waals surface area contributed by atoms with Crippen molar-refractivity contribution in [2.45, 2.75) is 39.7 Å². The van der Waals surface area contributed by atoms with Crippen molar-refractivity contribution in [1.82, 2.24) is 9.97 Å². The predicted molar refractivity (Wildman–Crippen MR) is 70.9 cm³/mol. The third-order valence-electron chi connectivity index (χ3n) is 2.01. The summed E-state index contributed by atoms with van der Waals surface area (Å²) >= 11 is 5.63. The molecule has 1 heterocycles. The van der Waals surface area contributed by atoms with Gasteiger partial charge in [-0.1, -0.05) is 6.92 Å². The predicted octanol–water partition coefficient (Wildman–Crippen LogP) is 3.42. The molecule has 1 aromatic rings. The van der Waals surface area contributed by atoms with E-state index in [1.165, 1.54) is 0 Å². The average molecular weight is 290 g/mol. The van der Waals surface area contributed by atoms with E-state index < -0.39 is 17.5 Å². The Morgan fingerprint density at radius 1 is 1.53 bits per heavy atom. The van der Waals surface area contributed by atoms with Gasteiger partial charge in [-0.2, -0.15) is 4.98 Å². The van der Waals surface area contributed by atoms with Gasteiger partial charge in [0.25, 0.3) is 0 Å². The Hall–Kier alpha value is -1.43. The number of nitrogens with zero attached hydrogens (tertiary/aromatic N) is 3. The van der Waals surface area contributed by atoms with Crippen LogP contribution in [0.3, 0.4) is 0 Å². The molecule has 0 bridgehead atoms. The van der Waals surface area contributed by atoms with Gasteiger partial charge in [0.05, 0.1) is 6.20 Å². The van der Waals surface area contributed by atoms with E-state index in [0.717, 1.165) is 11.1 Å². The van der Waals surface area contributed by atoms with Gasteiger partial charge >= 0.3 is 6.09 Å². The van der Waals surface area contributed by atoms with Crippen molar-refractivity contribution in [2.24, 2.45) is 0 Å². The molecule has 1 rings (SSSR count). The Labute approximate surface area is 116 Å². The van der Waals surface area contributed by atoms with Crippen LogP contribution in [0.25, 0.3) is 0 Å². The van der Waals surface area contributed by atoms with Gasteiger partial charge in [0, 0.05) is 6.54 Å². The molecule has 0 saturated heterocycles. The Morgan fingerprint density at radius 2 is 2.16 bits per heavy atom. The Bertz CT molecular complexity index is 463. The minimum Gasteiger partial charge on any atom is -0.443 e. The smallest absolute Gasteiger partial charge is 0.416 e. The molecule has 0 unspecified atom stereocenters. The molecule has 5 nitrogen and oxygen atoms in total. The molecule has 0 aliphatic rings. The van der Waals surface area contributed by atoms with E-state index in [1.807, 2.05) is 6.92 Å². The first-order valence-corrected chi connectivity index (χ1v) is 6.31. The molecule has 0 spiro atoms. The number of rotatable bonds is 3. The number of aromatic nitrogens is 2. The maximum atomic E-state index is 13.7. The zero-order valence-electron chi connectivity index (χ0n) is 11.4. The van der Waals surface area contributed by atoms with Crippen LogP contribution in [0.15, 0.2) is 6.20 Å². The topological polar surface area (TPSA) is 55.3 Å². The van der Waals surface area contributed by atoms with Crippen LogP contribution in [-0.4, -0.2) is 28.2 Å². The van der Waals surface area contributed by atoms with E-state index in [4.69, 9.17) is 16.3 Å². The lowest BCUT2D eigenvalue weighted by Crippen LogP contribution is -2.38. The number of hydrogen-bond acceptors (Lipinski definition) is 4. The molecule has 0 atom stereocenters. The maximum Gasteiger partial charge on any atom is 0.416 e. The fraction of sp³-hybridized carbons (Fsp3) is 0.583. The number of carbonyl (C=O) groups is 1. The van der Waals surface area contributed by atoms with Crippen molar-refractivity contribution in [3.05, 3.63) is 17.3 Å². The number of halogens is 2. The SMILES string of the molecule is CCCN(C(=O)OC(C)(C)C)c1nc(Cl)ncc1F. The standard InChI is InChI=1S/C12H17ClFN3O2/c1-5-6-17(11(18)19-12(2,3)4)9-8(14)7-15-10(13)16-9/h7H,5-6H2,1-4H3. The summed E-state index contributed by atoms with van der Waals surface area (Å²) < 4.78 is 18.9. The molecule has 1 aromatic heterocycles. The van der Waals surface area contributed by atoms with Gasteiger partial charge in [0.15, 0.2) is 11.6 Å². The number of ether oxygens (including phenoxy) is 1. The molecule has 19 heavy (non-hydrogen) atoms. The average Bonchev–Trinajstić information content (AvgIpc) is 2.27. The maximum absolute atomic E-state index is 13.7. The zero-order chi connectivity index (χ0) is 14.6. The molecule has 0 fully saturated rings. The second kappa shape index (κ2) is 6.14. The lowest BCUT2D eigenvalue weighted by molar-refractivity contribution is 0.0578. The number of amides is 1. The minimum absolute atomic E-state index is 0.124. The summed E-state index contributed by atoms with van der Waals surface area (Å²) in [7, 11) is 0. The fourth-order valence-corrected chi connectivity index (χ4v) is 1.48. The largest absolute Gasteiger partial charge is 0.443 e. The molecule has 106 valence electrons. The summed E-state index contributed by atoms with van der Waals surface area (Å²) in [6.07, 6.45) is 0.890. The summed E-state index contributed by atoms with van der Waals surface area (Å²) in [4.78, 5) is 20.4. The first kappa shape index (κ1) is 15.6. The van der Waals surface area contributed by atoms with Crippen molar-refractivity contribution in [3.63, 3.8) is 0 Å². The van der Waals surface area contributed by atoms with Crippen LogP contribution in [0.1, 0.15) is 34.1 Å². The first-order chi connectivity index (χ1) is 8.74. The van der Waals surface area contributed by atoms with Crippen LogP contribution in [0.4, 0.5) is 15.0 Å². The van der Waals surface area contributed by atoms with E-state index in [0.29, 0.717) is 6.42 Å². The van der Waals surface area contributed by atoms with E-state index >= 15 is 0 Å². The Kier molecular flexibility index (Phi) is 5.05. The lowest BCUT2D eigenvalue weighted by Gasteiger charge is -2.26. The lowest BCUT2D eigenvalue weighted by atomic mass is 10.2. The monoisotopic (exact) mass is 289 g/mol. The molecule has 7 heteroatoms. The van der Waals surface area contributed by atoms with Crippen LogP contribution in [0, 0.1) is 5.82 Å². The summed E-state index contributed by atoms with van der Waals surface area (Å²) in [5.74, 6) is -0.889. The molecular weight excluding hydrogens is 273 g/mol. The molecular formula is C12H17ClFN3O2. The Morgan fingerprint density at radius 3 is 2.68 bits per heavy atom. The summed E-state index contributed by atoms with van der Waals surface area (Å²) in [6, 6.07) is 0. The summed E-state index contributed by atoms with van der Waals surface area (Å²) in [5.41, 5.74) is -0.670. The van der Waals surface area contributed by atoms with Crippen molar-refractivity contribution in [2.75, 3.05) is 11.4 Å². The first-order valence-electron chi connectivity index (χ1n) is 5.93. The van der Waals surface area contributed by atoms with Gasteiger partial charge < -0.3 is 4.74 Å². The zero-order valence-corrected chi connectivity index (χ0v) is 12.2. The molecule has 0 saturated carbocycles. The molecule has 0 aliphatic carbocycles. The fourth-order valence-electron chi connectivity index (χ4n) is 1.35. The van der Waals surface area contributed by atoms with Crippen molar-refractivity contribution in [3.8, 4) is 0 Å². The second-order valence-corrected chi connectivity index (χ2v) is 5.28. The third-order valence-corrected chi connectivity index (χ3v) is 2.20. The van der Waals surface area contributed by atoms with Gasteiger partial charge in [-0.15, -0.1) is 0 Å². The summed E-state index contributed by atoms with van der Waals surface area (Å²) in [5, 5.41) is -0.124. The van der Waals surface area contributed by atoms with Gasteiger partial charge in [0.2, 0.25) is 5.28 Å². The quantitative estimate of drug-likeness (QED) is 0.800. The molecule has 1 amide bonds. The van der Waals surface area contributed by atoms with E-state index in [-0.39, 0.29) is 17.6 Å². The van der Waals surface area contributed by atoms with Gasteiger partial charge in [0.1, 0.15) is 5.60 Å². The molecule has 0 aliphatic heterocycles. The summed E-state index contributed by atoms with van der Waals surface area (Å²) in [6.45, 7) is 7.34. The number of hydrogen-bond donors (Lipinski definition) is 0. The van der Waals surface area contributed by atoms with Crippen LogP contribution in [-0.2, 0) is 4.74 Å². The van der Waals surface area contributed by atoms with Crippen molar-refractivity contribution in [1.29, 1.82) is 0 Å². The minimum atomic E-state index is -0.719. The molecule has 0 radical (unpaired) electrons. The third kappa shape index (κ3) is 4.63. The van der Waals surface area contributed by atoms with E-state index in [1.54, 1.807) is 20.8 Å². The molecule has 0 N–H and O–H groups in total. The normalized spacial score (nSPS) is 11.3. The second-order valence-electron chi connectivity index (χ2n) is 4.94. The number of carbonyl (C=O) groups excluding carboxylic acids is 1. The highest BCUT2D eigenvalue weighted by molar-refractivity contribution is 6.28. The Balaban J connectivity index is 3.06. The highest BCUT2D eigenvalue weighted by atomic mass is 35.5. The highest BCUT2D eigenvalue weighted by Gasteiger charge is 2.26. The van der Waals surface area contributed by atoms with E-state index in [9.17, 15) is 9.18 Å². The van der Waals surface area contributed by atoms with Crippen LogP contribution in [0.5, 0.6) is 0 Å². The van der Waals surface area contributed by atoms with Crippen LogP contribution in [0.2, 0.25) is 5.28 Å². The van der Waals surface area contributed by atoms with Crippen molar-refractivity contribution < 1.29 is 13.9 Å².